The van der Waals surface area contributed by atoms with Crippen LogP contribution in [0.3, 0.4) is 0 Å². The van der Waals surface area contributed by atoms with Crippen LogP contribution in [0.5, 0.6) is 0 Å². The first-order valence-electron chi connectivity index (χ1n) is 10.1. The van der Waals surface area contributed by atoms with E-state index < -0.39 is 0 Å². The molecule has 1 heteroatoms. The van der Waals surface area contributed by atoms with Gasteiger partial charge in [0.2, 0.25) is 0 Å². The molecule has 0 aliphatic heterocycles. The molecule has 1 fully saturated rings. The Hall–Kier alpha value is -1.63. The zero-order chi connectivity index (χ0) is 19.6. The monoisotopic (exact) mass is 342 g/mol. The molecule has 0 heterocycles. The molecule has 1 saturated carbocycles. The van der Waals surface area contributed by atoms with E-state index in [1.165, 1.54) is 28.7 Å². The van der Waals surface area contributed by atoms with Crippen molar-refractivity contribution in [2.24, 2.45) is 11.8 Å². The van der Waals surface area contributed by atoms with Crippen molar-refractivity contribution in [3.8, 4) is 0 Å². The maximum atomic E-state index is 12.0. The van der Waals surface area contributed by atoms with Crippen LogP contribution in [0.15, 0.2) is 41.5 Å². The molecule has 0 saturated heterocycles. The highest BCUT2D eigenvalue weighted by molar-refractivity contribution is 6.05. The maximum absolute atomic E-state index is 12.0. The number of benzene rings is 1. The third-order valence-electron chi connectivity index (χ3n) is 4.48. The first-order valence-corrected chi connectivity index (χ1v) is 10.1. The van der Waals surface area contributed by atoms with E-state index in [1.54, 1.807) is 6.92 Å². The van der Waals surface area contributed by atoms with E-state index in [9.17, 15) is 4.79 Å². The average molecular weight is 343 g/mol. The third-order valence-corrected chi connectivity index (χ3v) is 4.48. The molecule has 1 aromatic rings. The summed E-state index contributed by atoms with van der Waals surface area (Å²) in [6, 6.07) is 8.54. The normalized spacial score (nSPS) is 19.6. The fourth-order valence-corrected chi connectivity index (χ4v) is 3.36. The Morgan fingerprint density at radius 2 is 1.56 bits per heavy atom. The second-order valence-electron chi connectivity index (χ2n) is 5.73. The lowest BCUT2D eigenvalue weighted by molar-refractivity contribution is -0.113. The summed E-state index contributed by atoms with van der Waals surface area (Å²) < 4.78 is 0. The summed E-state index contributed by atoms with van der Waals surface area (Å²) in [6.45, 7) is 18.0. The number of aryl methyl sites for hydroxylation is 1. The predicted octanol–water partition coefficient (Wildman–Crippen LogP) is 7.27. The second kappa shape index (κ2) is 11.8. The molecule has 0 spiro atoms. The topological polar surface area (TPSA) is 17.1 Å². The fraction of sp³-hybridized carbons (Fsp3) is 0.542. The van der Waals surface area contributed by atoms with Crippen molar-refractivity contribution in [2.45, 2.75) is 75.2 Å². The molecule has 1 aromatic carbocycles. The third kappa shape index (κ3) is 5.42. The number of Topliss-reactive ketones (excluding diaryl/α,β-unsaturated/α-hetero) is 1. The first-order chi connectivity index (χ1) is 12.1. The van der Waals surface area contributed by atoms with Crippen LogP contribution in [0.4, 0.5) is 0 Å². The van der Waals surface area contributed by atoms with Gasteiger partial charge in [-0.25, -0.2) is 0 Å². The molecule has 0 N–H and O–H groups in total. The van der Waals surface area contributed by atoms with Gasteiger partial charge < -0.3 is 0 Å². The minimum Gasteiger partial charge on any atom is -0.295 e. The molecular weight excluding hydrogens is 304 g/mol. The van der Waals surface area contributed by atoms with Crippen molar-refractivity contribution in [1.29, 1.82) is 0 Å². The molecule has 3 rings (SSSR count). The molecule has 0 bridgehead atoms. The second-order valence-corrected chi connectivity index (χ2v) is 5.73. The van der Waals surface area contributed by atoms with Gasteiger partial charge in [-0.15, -0.1) is 0 Å². The molecule has 140 valence electrons. The van der Waals surface area contributed by atoms with Crippen LogP contribution in [0, 0.1) is 11.8 Å². The van der Waals surface area contributed by atoms with E-state index in [0.29, 0.717) is 11.8 Å². The summed E-state index contributed by atoms with van der Waals surface area (Å²) in [5, 5.41) is 0. The Morgan fingerprint density at radius 3 is 2.08 bits per heavy atom. The molecule has 2 aliphatic rings. The highest BCUT2D eigenvalue weighted by atomic mass is 16.1. The van der Waals surface area contributed by atoms with E-state index in [4.69, 9.17) is 0 Å². The number of carbonyl (C=O) groups is 1. The smallest absolute Gasteiger partial charge is 0.160 e. The minimum atomic E-state index is 0.200. The Labute approximate surface area is 156 Å². The Balaban J connectivity index is 0.000000871. The summed E-state index contributed by atoms with van der Waals surface area (Å²) in [6.07, 6.45) is 4.36. The Kier molecular flexibility index (Phi) is 11.1. The van der Waals surface area contributed by atoms with Gasteiger partial charge in [0.25, 0.3) is 0 Å². The average Bonchev–Trinajstić information content (AvgIpc) is 3.48. The van der Waals surface area contributed by atoms with E-state index in [1.807, 2.05) is 41.5 Å². The lowest BCUT2D eigenvalue weighted by Crippen LogP contribution is -2.08. The molecular formula is C24H38O. The number of ketones is 1. The van der Waals surface area contributed by atoms with Gasteiger partial charge in [-0.3, -0.25) is 4.79 Å². The molecule has 2 aliphatic carbocycles. The number of allylic oxidation sites excluding steroid dienone is 4. The van der Waals surface area contributed by atoms with Gasteiger partial charge in [0.1, 0.15) is 0 Å². The van der Waals surface area contributed by atoms with Crippen LogP contribution in [0.25, 0.3) is 5.57 Å². The quantitative estimate of drug-likeness (QED) is 0.564. The lowest BCUT2D eigenvalue weighted by Gasteiger charge is -2.19. The van der Waals surface area contributed by atoms with Crippen molar-refractivity contribution in [3.63, 3.8) is 0 Å². The molecule has 0 radical (unpaired) electrons. The molecule has 0 aromatic heterocycles. The van der Waals surface area contributed by atoms with Crippen LogP contribution < -0.4 is 0 Å². The molecule has 2 atom stereocenters. The van der Waals surface area contributed by atoms with Crippen molar-refractivity contribution in [2.75, 3.05) is 0 Å². The Bertz CT molecular complexity index is 604. The SMILES string of the molecule is CC.CC.CC.CCc1ccccc1C1=C(C(C)=O)C=C(C)C2CC12. The highest BCUT2D eigenvalue weighted by Gasteiger charge is 2.45. The first kappa shape index (κ1) is 23.4. The van der Waals surface area contributed by atoms with Crippen molar-refractivity contribution in [1.82, 2.24) is 0 Å². The van der Waals surface area contributed by atoms with Crippen LogP contribution in [0.2, 0.25) is 0 Å². The standard InChI is InChI=1S/C18H20O.3C2H6/c1-4-13-7-5-6-8-14(13)18-16(12(3)19)9-11(2)15-10-17(15)18;3*1-2/h5-9,15,17H,4,10H2,1-3H3;3*1-2H3. The lowest BCUT2D eigenvalue weighted by atomic mass is 9.84. The number of carbonyl (C=O) groups excluding carboxylic acids is 1. The zero-order valence-corrected chi connectivity index (χ0v) is 17.9. The predicted molar refractivity (Wildman–Crippen MR) is 113 cm³/mol. The molecule has 1 nitrogen and oxygen atoms in total. The van der Waals surface area contributed by atoms with Gasteiger partial charge in [0.15, 0.2) is 5.78 Å². The molecule has 0 amide bonds. The molecule has 2 unspecified atom stereocenters. The van der Waals surface area contributed by atoms with Crippen molar-refractivity contribution < 1.29 is 4.79 Å². The number of hydrogen-bond donors (Lipinski definition) is 0. The summed E-state index contributed by atoms with van der Waals surface area (Å²) in [5.41, 5.74) is 6.28. The van der Waals surface area contributed by atoms with Crippen molar-refractivity contribution in [3.05, 3.63) is 52.6 Å². The van der Waals surface area contributed by atoms with Gasteiger partial charge in [0, 0.05) is 5.57 Å². The highest BCUT2D eigenvalue weighted by Crippen LogP contribution is 2.56. The van der Waals surface area contributed by atoms with E-state index >= 15 is 0 Å². The van der Waals surface area contributed by atoms with Gasteiger partial charge in [0.05, 0.1) is 0 Å². The summed E-state index contributed by atoms with van der Waals surface area (Å²) in [7, 11) is 0. The van der Waals surface area contributed by atoms with Gasteiger partial charge in [-0.05, 0) is 55.2 Å². The summed E-state index contributed by atoms with van der Waals surface area (Å²) >= 11 is 0. The number of rotatable bonds is 3. The van der Waals surface area contributed by atoms with Crippen molar-refractivity contribution >= 4 is 11.4 Å². The largest absolute Gasteiger partial charge is 0.295 e. The van der Waals surface area contributed by atoms with Crippen LogP contribution >= 0.6 is 0 Å². The van der Waals surface area contributed by atoms with E-state index in [-0.39, 0.29) is 5.78 Å². The number of hydrogen-bond acceptors (Lipinski definition) is 1. The molecule has 25 heavy (non-hydrogen) atoms. The minimum absolute atomic E-state index is 0.200. The summed E-state index contributed by atoms with van der Waals surface area (Å²) in [4.78, 5) is 12.0. The number of fused-ring (bicyclic) bond motifs is 1. The Morgan fingerprint density at radius 1 is 1.00 bits per heavy atom. The van der Waals surface area contributed by atoms with Gasteiger partial charge in [-0.1, -0.05) is 84.4 Å². The zero-order valence-electron chi connectivity index (χ0n) is 17.9. The van der Waals surface area contributed by atoms with Crippen LogP contribution in [-0.4, -0.2) is 5.78 Å². The maximum Gasteiger partial charge on any atom is 0.160 e. The van der Waals surface area contributed by atoms with E-state index in [0.717, 1.165) is 12.0 Å². The van der Waals surface area contributed by atoms with E-state index in [2.05, 4.69) is 44.2 Å². The van der Waals surface area contributed by atoms with Gasteiger partial charge in [-0.2, -0.15) is 0 Å². The van der Waals surface area contributed by atoms with Crippen LogP contribution in [-0.2, 0) is 11.2 Å². The summed E-state index contributed by atoms with van der Waals surface area (Å²) in [5.74, 6) is 1.46. The van der Waals surface area contributed by atoms with Crippen LogP contribution in [0.1, 0.15) is 79.9 Å². The fourth-order valence-electron chi connectivity index (χ4n) is 3.36. The van der Waals surface area contributed by atoms with Gasteiger partial charge >= 0.3 is 0 Å².